The minimum Gasteiger partial charge on any atom is -0.388 e. The van der Waals surface area contributed by atoms with E-state index in [4.69, 9.17) is 0 Å². The van der Waals surface area contributed by atoms with E-state index in [2.05, 4.69) is 10.6 Å². The molecule has 1 rings (SSSR count). The van der Waals surface area contributed by atoms with Gasteiger partial charge in [0.2, 0.25) is 6.41 Å². The van der Waals surface area contributed by atoms with Crippen molar-refractivity contribution >= 4 is 17.8 Å². The summed E-state index contributed by atoms with van der Waals surface area (Å²) in [6, 6.07) is 7.48. The van der Waals surface area contributed by atoms with Crippen molar-refractivity contribution in [3.8, 4) is 0 Å². The van der Waals surface area contributed by atoms with Crippen LogP contribution in [0.1, 0.15) is 0 Å². The highest BCUT2D eigenvalue weighted by molar-refractivity contribution is 5.73. The summed E-state index contributed by atoms with van der Waals surface area (Å²) in [6.07, 6.45) is 0.661. The summed E-state index contributed by atoms with van der Waals surface area (Å²) in [6.45, 7) is 0. The molecule has 0 fully saturated rings. The molecule has 0 aromatic heterocycles. The summed E-state index contributed by atoms with van der Waals surface area (Å²) in [5.41, 5.74) is 1.78. The van der Waals surface area contributed by atoms with Crippen molar-refractivity contribution in [2.24, 2.45) is 0 Å². The van der Waals surface area contributed by atoms with Crippen LogP contribution < -0.4 is 10.6 Å². The predicted octanol–water partition coefficient (Wildman–Crippen LogP) is 1.30. The predicted molar refractivity (Wildman–Crippen MR) is 45.7 cm³/mol. The third-order valence-corrected chi connectivity index (χ3v) is 1.38. The van der Waals surface area contributed by atoms with Gasteiger partial charge < -0.3 is 10.6 Å². The topological polar surface area (TPSA) is 41.1 Å². The normalized spacial score (nSPS) is 8.82. The summed E-state index contributed by atoms with van der Waals surface area (Å²) >= 11 is 0. The first-order chi connectivity index (χ1) is 5.36. The van der Waals surface area contributed by atoms with Gasteiger partial charge in [-0.15, -0.1) is 0 Å². The molecule has 0 heterocycles. The van der Waals surface area contributed by atoms with Gasteiger partial charge in [-0.3, -0.25) is 4.79 Å². The number of hydrogen-bond donors (Lipinski definition) is 2. The number of amides is 1. The quantitative estimate of drug-likeness (QED) is 0.637. The van der Waals surface area contributed by atoms with E-state index in [0.29, 0.717) is 6.41 Å². The third kappa shape index (κ3) is 1.97. The van der Waals surface area contributed by atoms with E-state index in [1.807, 2.05) is 31.3 Å². The summed E-state index contributed by atoms with van der Waals surface area (Å²) in [5, 5.41) is 5.53. The van der Waals surface area contributed by atoms with E-state index in [-0.39, 0.29) is 0 Å². The van der Waals surface area contributed by atoms with Gasteiger partial charge in [0.25, 0.3) is 0 Å². The van der Waals surface area contributed by atoms with Gasteiger partial charge in [-0.25, -0.2) is 0 Å². The lowest BCUT2D eigenvalue weighted by Crippen LogP contribution is -1.94. The van der Waals surface area contributed by atoms with Crippen LogP contribution in [0.4, 0.5) is 11.4 Å². The summed E-state index contributed by atoms with van der Waals surface area (Å²) in [5.74, 6) is 0. The zero-order valence-electron chi connectivity index (χ0n) is 6.29. The van der Waals surface area contributed by atoms with E-state index in [1.165, 1.54) is 0 Å². The molecule has 0 aliphatic rings. The van der Waals surface area contributed by atoms with Gasteiger partial charge in [0.1, 0.15) is 0 Å². The number of carbonyl (C=O) groups excluding carboxylic acids is 1. The van der Waals surface area contributed by atoms with Gasteiger partial charge in [-0.2, -0.15) is 0 Å². The first-order valence-corrected chi connectivity index (χ1v) is 3.35. The first kappa shape index (κ1) is 7.60. The second-order valence-corrected chi connectivity index (χ2v) is 2.09. The molecule has 0 atom stereocenters. The molecule has 3 nitrogen and oxygen atoms in total. The van der Waals surface area contributed by atoms with Crippen LogP contribution in [0.25, 0.3) is 0 Å². The van der Waals surface area contributed by atoms with E-state index >= 15 is 0 Å². The van der Waals surface area contributed by atoms with E-state index < -0.39 is 0 Å². The fourth-order valence-corrected chi connectivity index (χ4v) is 0.833. The molecule has 0 aliphatic heterocycles. The lowest BCUT2D eigenvalue weighted by atomic mass is 10.3. The number of rotatable bonds is 3. The van der Waals surface area contributed by atoms with Crippen LogP contribution in [-0.2, 0) is 4.79 Å². The number of anilines is 2. The molecule has 0 aliphatic carbocycles. The maximum absolute atomic E-state index is 10.0. The minimum atomic E-state index is 0.661. The molecule has 0 saturated carbocycles. The van der Waals surface area contributed by atoms with Crippen molar-refractivity contribution in [1.82, 2.24) is 0 Å². The highest BCUT2D eigenvalue weighted by Crippen LogP contribution is 2.12. The van der Waals surface area contributed by atoms with Crippen molar-refractivity contribution in [2.45, 2.75) is 0 Å². The van der Waals surface area contributed by atoms with Crippen molar-refractivity contribution in [2.75, 3.05) is 17.7 Å². The van der Waals surface area contributed by atoms with E-state index in [9.17, 15) is 4.79 Å². The minimum absolute atomic E-state index is 0.661. The Labute approximate surface area is 65.4 Å². The Morgan fingerprint density at radius 2 is 2.09 bits per heavy atom. The van der Waals surface area contributed by atoms with Crippen LogP contribution in [0.2, 0.25) is 0 Å². The third-order valence-electron chi connectivity index (χ3n) is 1.38. The summed E-state index contributed by atoms with van der Waals surface area (Å²) < 4.78 is 0. The highest BCUT2D eigenvalue weighted by Gasteiger charge is 1.90. The first-order valence-electron chi connectivity index (χ1n) is 3.35. The Balaban J connectivity index is 2.82. The molecule has 1 aromatic rings. The second kappa shape index (κ2) is 3.61. The van der Waals surface area contributed by atoms with Crippen molar-refractivity contribution in [1.29, 1.82) is 0 Å². The standard InChI is InChI=1S/C8H10N2O/c1-9-7-3-2-4-8(5-7)10-6-11/h2-6,9H,1H3,(H,10,11). The van der Waals surface area contributed by atoms with E-state index in [1.54, 1.807) is 0 Å². The molecule has 2 N–H and O–H groups in total. The molecule has 58 valence electrons. The number of nitrogens with one attached hydrogen (secondary N) is 2. The average Bonchev–Trinajstić information content (AvgIpc) is 2.06. The molecular weight excluding hydrogens is 140 g/mol. The molecule has 0 radical (unpaired) electrons. The van der Waals surface area contributed by atoms with Crippen LogP contribution in [0.15, 0.2) is 24.3 Å². The van der Waals surface area contributed by atoms with Crippen LogP contribution >= 0.6 is 0 Å². The number of hydrogen-bond acceptors (Lipinski definition) is 2. The fraction of sp³-hybridized carbons (Fsp3) is 0.125. The molecule has 0 unspecified atom stereocenters. The Morgan fingerprint density at radius 1 is 1.36 bits per heavy atom. The maximum Gasteiger partial charge on any atom is 0.211 e. The Morgan fingerprint density at radius 3 is 2.73 bits per heavy atom. The molecule has 0 bridgehead atoms. The largest absolute Gasteiger partial charge is 0.388 e. The van der Waals surface area contributed by atoms with Crippen LogP contribution in [0.5, 0.6) is 0 Å². The van der Waals surface area contributed by atoms with Gasteiger partial charge in [0, 0.05) is 18.4 Å². The zero-order valence-corrected chi connectivity index (χ0v) is 6.29. The fourth-order valence-electron chi connectivity index (χ4n) is 0.833. The monoisotopic (exact) mass is 150 g/mol. The zero-order chi connectivity index (χ0) is 8.10. The van der Waals surface area contributed by atoms with Crippen LogP contribution in [-0.4, -0.2) is 13.5 Å². The SMILES string of the molecule is CNc1cccc(NC=O)c1. The summed E-state index contributed by atoms with van der Waals surface area (Å²) in [4.78, 5) is 10.0. The average molecular weight is 150 g/mol. The van der Waals surface area contributed by atoms with Gasteiger partial charge in [0.15, 0.2) is 0 Å². The van der Waals surface area contributed by atoms with Crippen molar-refractivity contribution < 1.29 is 4.79 Å². The van der Waals surface area contributed by atoms with Crippen LogP contribution in [0.3, 0.4) is 0 Å². The maximum atomic E-state index is 10.0. The summed E-state index contributed by atoms with van der Waals surface area (Å²) in [7, 11) is 1.83. The molecule has 1 aromatic carbocycles. The van der Waals surface area contributed by atoms with E-state index in [0.717, 1.165) is 11.4 Å². The van der Waals surface area contributed by atoms with Gasteiger partial charge >= 0.3 is 0 Å². The van der Waals surface area contributed by atoms with Crippen molar-refractivity contribution in [3.05, 3.63) is 24.3 Å². The number of benzene rings is 1. The Bertz CT molecular complexity index is 248. The van der Waals surface area contributed by atoms with Gasteiger partial charge in [-0.1, -0.05) is 6.07 Å². The highest BCUT2D eigenvalue weighted by atomic mass is 16.1. The van der Waals surface area contributed by atoms with Gasteiger partial charge in [-0.05, 0) is 18.2 Å². The second-order valence-electron chi connectivity index (χ2n) is 2.09. The molecule has 0 spiro atoms. The van der Waals surface area contributed by atoms with Gasteiger partial charge in [0.05, 0.1) is 0 Å². The molecule has 0 saturated heterocycles. The smallest absolute Gasteiger partial charge is 0.211 e. The Kier molecular flexibility index (Phi) is 2.49. The molecule has 3 heteroatoms. The molecular formula is C8H10N2O. The number of carbonyl (C=O) groups is 1. The van der Waals surface area contributed by atoms with Crippen LogP contribution in [0, 0.1) is 0 Å². The van der Waals surface area contributed by atoms with Crippen molar-refractivity contribution in [3.63, 3.8) is 0 Å². The lowest BCUT2D eigenvalue weighted by Gasteiger charge is -2.01. The molecule has 11 heavy (non-hydrogen) atoms. The Hall–Kier alpha value is -1.51. The lowest BCUT2D eigenvalue weighted by molar-refractivity contribution is -0.105. The molecule has 1 amide bonds.